The maximum absolute atomic E-state index is 14.2. The van der Waals surface area contributed by atoms with Gasteiger partial charge in [0.25, 0.3) is 0 Å². The first kappa shape index (κ1) is 31.2. The van der Waals surface area contributed by atoms with Gasteiger partial charge in [-0.05, 0) is 0 Å². The van der Waals surface area contributed by atoms with Crippen molar-refractivity contribution in [1.29, 1.82) is 0 Å². The van der Waals surface area contributed by atoms with Crippen molar-refractivity contribution in [3.63, 3.8) is 0 Å². The van der Waals surface area contributed by atoms with Crippen LogP contribution in [0.3, 0.4) is 0 Å². The number of benzene rings is 2. The number of hydrogen-bond acceptors (Lipinski definition) is 4. The third kappa shape index (κ3) is 7.03. The van der Waals surface area contributed by atoms with Gasteiger partial charge in [-0.1, -0.05) is 0 Å². The number of carbonyl (C=O) groups is 1. The van der Waals surface area contributed by atoms with E-state index in [1.165, 1.54) is 58.9 Å². The number of methoxy groups -OCH3 is 1. The molecule has 0 bridgehead atoms. The van der Waals surface area contributed by atoms with Gasteiger partial charge in [0.15, 0.2) is 0 Å². The Bertz CT molecular complexity index is 928. The minimum absolute atomic E-state index is 0.0397. The fraction of sp³-hybridized carbons (Fsp3) is 0.606. The van der Waals surface area contributed by atoms with Gasteiger partial charge in [0, 0.05) is 0 Å². The van der Waals surface area contributed by atoms with Gasteiger partial charge in [0.2, 0.25) is 0 Å². The van der Waals surface area contributed by atoms with E-state index in [9.17, 15) is 9.90 Å². The molecule has 0 aromatic heterocycles. The summed E-state index contributed by atoms with van der Waals surface area (Å²) in [5.41, 5.74) is 1.23. The molecule has 0 aliphatic carbocycles. The van der Waals surface area contributed by atoms with Crippen LogP contribution in [0.1, 0.15) is 95.3 Å². The van der Waals surface area contributed by atoms with Crippen molar-refractivity contribution in [1.82, 2.24) is 0 Å². The van der Waals surface area contributed by atoms with Crippen molar-refractivity contribution in [3.8, 4) is 0 Å². The van der Waals surface area contributed by atoms with Crippen LogP contribution >= 0.6 is 0 Å². The van der Waals surface area contributed by atoms with Crippen LogP contribution < -0.4 is 0 Å². The van der Waals surface area contributed by atoms with Gasteiger partial charge >= 0.3 is 236 Å². The second-order valence-corrected chi connectivity index (χ2v) is 24.9. The normalized spacial score (nSPS) is 21.2. The second-order valence-electron chi connectivity index (χ2n) is 11.3. The van der Waals surface area contributed by atoms with Crippen LogP contribution in [0.5, 0.6) is 0 Å². The minimum atomic E-state index is -3.08. The summed E-state index contributed by atoms with van der Waals surface area (Å²) in [7, 11) is 1.54. The molecule has 0 unspecified atom stereocenters. The van der Waals surface area contributed by atoms with Crippen LogP contribution in [0.25, 0.3) is 0 Å². The fourth-order valence-electron chi connectivity index (χ4n) is 6.97. The van der Waals surface area contributed by atoms with Crippen molar-refractivity contribution >= 4 is 24.3 Å². The van der Waals surface area contributed by atoms with Gasteiger partial charge < -0.3 is 0 Å². The molecule has 1 heterocycles. The fourth-order valence-corrected chi connectivity index (χ4v) is 26.2. The number of unbranched alkanes of at least 4 members (excludes halogenated alkanes) is 3. The molecule has 1 aliphatic rings. The Hall–Kier alpha value is -1.37. The van der Waals surface area contributed by atoms with Gasteiger partial charge in [-0.2, -0.15) is 0 Å². The summed E-state index contributed by atoms with van der Waals surface area (Å²) in [5.74, 6) is -0.320. The zero-order chi connectivity index (χ0) is 27.4. The molecule has 4 atom stereocenters. The van der Waals surface area contributed by atoms with E-state index in [-0.39, 0.29) is 16.0 Å². The molecule has 1 N–H and O–H groups in total. The summed E-state index contributed by atoms with van der Waals surface area (Å²) in [6.07, 6.45) is 7.61. The van der Waals surface area contributed by atoms with E-state index in [4.69, 9.17) is 9.47 Å². The Labute approximate surface area is 235 Å². The molecule has 1 aliphatic heterocycles. The summed E-state index contributed by atoms with van der Waals surface area (Å²) >= 11 is -3.08. The van der Waals surface area contributed by atoms with E-state index in [2.05, 4.69) is 45.0 Å². The molecule has 38 heavy (non-hydrogen) atoms. The zero-order valence-corrected chi connectivity index (χ0v) is 27.0. The number of carbonyl (C=O) groups excluding carboxylic acids is 1. The van der Waals surface area contributed by atoms with E-state index in [1.807, 2.05) is 36.4 Å². The summed E-state index contributed by atoms with van der Waals surface area (Å²) in [5, 5.41) is 11.5. The summed E-state index contributed by atoms with van der Waals surface area (Å²) in [6, 6.07) is 20.2. The molecular weight excluding hydrogens is 579 g/mol. The van der Waals surface area contributed by atoms with E-state index in [0.29, 0.717) is 19.4 Å². The molecule has 2 aromatic rings. The van der Waals surface area contributed by atoms with Crippen molar-refractivity contribution in [2.75, 3.05) is 13.7 Å². The van der Waals surface area contributed by atoms with Crippen LogP contribution in [-0.2, 0) is 14.3 Å². The number of aliphatic hydroxyl groups is 1. The molecule has 3 rings (SSSR count). The molecule has 0 radical (unpaired) electrons. The van der Waals surface area contributed by atoms with Gasteiger partial charge in [0.05, 0.1) is 0 Å². The Balaban J connectivity index is 2.18. The topological polar surface area (TPSA) is 55.8 Å². The number of esters is 1. The van der Waals surface area contributed by atoms with Crippen LogP contribution in [-0.4, -0.2) is 47.3 Å². The summed E-state index contributed by atoms with van der Waals surface area (Å²) < 4.78 is 16.3. The SMILES string of the molecule is CCC[CH2][Sn]([CH2]CCC)([CH2]CCC)[C@H]1OCC[C@]1(C(=O)OC)[C@H](C[C@@H](O)c1ccccc1)c1ccccc1. The Morgan fingerprint density at radius 2 is 1.42 bits per heavy atom. The molecular formula is C33H50O4Sn. The molecule has 210 valence electrons. The van der Waals surface area contributed by atoms with Gasteiger partial charge in [-0.3, -0.25) is 0 Å². The second kappa shape index (κ2) is 15.4. The molecule has 2 aromatic carbocycles. The molecule has 0 saturated carbocycles. The standard InChI is InChI=1S/C21H23O4.3C4H9.Sn/c1-24-20(23)21(12-13-25-15-21)18(16-8-4-2-5-9-16)14-19(22)17-10-6-3-7-11-17;3*1-3-4-2;/h2-11,15,18-19,22H,12-14H2,1H3;3*1,3-4H2,2H3;/t18-,19-,21-;;;;/m1..../s1. The predicted molar refractivity (Wildman–Crippen MR) is 159 cm³/mol. The van der Waals surface area contributed by atoms with Crippen molar-refractivity contribution in [2.45, 2.75) is 102 Å². The van der Waals surface area contributed by atoms with Gasteiger partial charge in [0.1, 0.15) is 0 Å². The van der Waals surface area contributed by atoms with E-state index in [1.54, 1.807) is 0 Å². The van der Waals surface area contributed by atoms with Crippen LogP contribution in [0.4, 0.5) is 0 Å². The Kier molecular flexibility index (Phi) is 12.6. The van der Waals surface area contributed by atoms with Crippen molar-refractivity contribution in [3.05, 3.63) is 71.8 Å². The molecule has 4 nitrogen and oxygen atoms in total. The number of ether oxygens (including phenoxy) is 2. The van der Waals surface area contributed by atoms with E-state index in [0.717, 1.165) is 11.1 Å². The summed E-state index contributed by atoms with van der Waals surface area (Å²) in [4.78, 5) is 14.2. The zero-order valence-electron chi connectivity index (χ0n) is 24.2. The molecule has 1 fully saturated rings. The van der Waals surface area contributed by atoms with Gasteiger partial charge in [-0.25, -0.2) is 0 Å². The third-order valence-electron chi connectivity index (χ3n) is 8.94. The van der Waals surface area contributed by atoms with Crippen LogP contribution in [0.2, 0.25) is 13.3 Å². The molecule has 0 spiro atoms. The van der Waals surface area contributed by atoms with Crippen molar-refractivity contribution in [2.24, 2.45) is 5.41 Å². The summed E-state index contributed by atoms with van der Waals surface area (Å²) in [6.45, 7) is 7.43. The Morgan fingerprint density at radius 3 is 1.89 bits per heavy atom. The maximum atomic E-state index is 14.2. The monoisotopic (exact) mass is 630 g/mol. The Morgan fingerprint density at radius 1 is 0.921 bits per heavy atom. The first-order valence-corrected chi connectivity index (χ1v) is 22.7. The number of rotatable bonds is 16. The first-order chi connectivity index (χ1) is 18.5. The van der Waals surface area contributed by atoms with E-state index < -0.39 is 29.9 Å². The van der Waals surface area contributed by atoms with Crippen LogP contribution in [0.15, 0.2) is 60.7 Å². The average Bonchev–Trinajstić information content (AvgIpc) is 3.42. The molecule has 0 amide bonds. The van der Waals surface area contributed by atoms with E-state index >= 15 is 0 Å². The predicted octanol–water partition coefficient (Wildman–Crippen LogP) is 8.23. The molecule has 5 heteroatoms. The van der Waals surface area contributed by atoms with Crippen molar-refractivity contribution < 1.29 is 19.4 Å². The average molecular weight is 629 g/mol. The third-order valence-corrected chi connectivity index (χ3v) is 25.6. The quantitative estimate of drug-likeness (QED) is 0.150. The van der Waals surface area contributed by atoms with Gasteiger partial charge in [-0.15, -0.1) is 0 Å². The number of hydrogen-bond donors (Lipinski definition) is 1. The number of aliphatic hydroxyl groups excluding tert-OH is 1. The first-order valence-electron chi connectivity index (χ1n) is 15.0. The van der Waals surface area contributed by atoms with Crippen LogP contribution in [0, 0.1) is 5.41 Å². The molecule has 1 saturated heterocycles.